The first kappa shape index (κ1) is 45.1. The SMILES string of the molecule is C1CCC([PH](C2CCCCC2)(C2CCCCC2)[Rh]([PH](C2CCCCC2)(C2CCCCC2)C2CCCCC2)[PH](C2CCCCC2)(C2CCCCC2)C2CCCCC2)CC1. The molecule has 0 aromatic heterocycles. The molecule has 0 aromatic carbocycles. The van der Waals surface area contributed by atoms with Crippen LogP contribution in [0.1, 0.15) is 289 Å². The molecule has 58 heavy (non-hydrogen) atoms. The summed E-state index contributed by atoms with van der Waals surface area (Å²) in [7, 11) is 0. The first-order valence-electron chi connectivity index (χ1n) is 28.4. The van der Waals surface area contributed by atoms with Gasteiger partial charge < -0.3 is 0 Å². The molecule has 9 aliphatic rings. The molecule has 0 aliphatic heterocycles. The molecule has 0 aromatic rings. The molecule has 0 atom stereocenters. The minimum absolute atomic E-state index is 1.06. The van der Waals surface area contributed by atoms with E-state index >= 15 is 0 Å². The van der Waals surface area contributed by atoms with E-state index in [1.165, 1.54) is 50.9 Å². The molecular formula is C54H102P3Rh. The van der Waals surface area contributed by atoms with Gasteiger partial charge in [-0.25, -0.2) is 0 Å². The average Bonchev–Trinajstić information content (AvgIpc) is 3.33. The van der Waals surface area contributed by atoms with Crippen molar-refractivity contribution in [3.05, 3.63) is 0 Å². The van der Waals surface area contributed by atoms with Crippen LogP contribution in [0.25, 0.3) is 0 Å². The zero-order valence-corrected chi connectivity index (χ0v) is 43.5. The molecule has 9 aliphatic carbocycles. The molecule has 0 radical (unpaired) electrons. The molecule has 9 fully saturated rings. The van der Waals surface area contributed by atoms with Gasteiger partial charge in [0.25, 0.3) is 0 Å². The van der Waals surface area contributed by atoms with E-state index in [9.17, 15) is 0 Å². The first-order chi connectivity index (χ1) is 28.8. The second-order valence-corrected chi connectivity index (χ2v) is 61.5. The Labute approximate surface area is 368 Å². The zero-order valence-electron chi connectivity index (χ0n) is 38.8. The van der Waals surface area contributed by atoms with E-state index in [0.29, 0.717) is 0 Å². The predicted molar refractivity (Wildman–Crippen MR) is 267 cm³/mol. The first-order valence-corrected chi connectivity index (χ1v) is 42.0. The van der Waals surface area contributed by atoms with Gasteiger partial charge >= 0.3 is 371 Å². The second-order valence-electron chi connectivity index (χ2n) is 23.6. The molecular weight excluding hydrogens is 844 g/mol. The molecule has 342 valence electrons. The number of hydrogen-bond acceptors (Lipinski definition) is 0. The van der Waals surface area contributed by atoms with Crippen molar-refractivity contribution in [3.63, 3.8) is 0 Å². The van der Waals surface area contributed by atoms with E-state index in [4.69, 9.17) is 0 Å². The summed E-state index contributed by atoms with van der Waals surface area (Å²) >= 11 is -1.06. The van der Waals surface area contributed by atoms with E-state index in [0.717, 1.165) is 0 Å². The predicted octanol–water partition coefficient (Wildman–Crippen LogP) is 18.6. The quantitative estimate of drug-likeness (QED) is 0.135. The van der Waals surface area contributed by atoms with Crippen molar-refractivity contribution in [2.45, 2.75) is 340 Å². The van der Waals surface area contributed by atoms with Crippen LogP contribution in [0.3, 0.4) is 0 Å². The third kappa shape index (κ3) is 8.81. The van der Waals surface area contributed by atoms with Crippen LogP contribution < -0.4 is 0 Å². The molecule has 4 heteroatoms. The van der Waals surface area contributed by atoms with Gasteiger partial charge in [-0.05, 0) is 0 Å². The molecule has 0 N–H and O–H groups in total. The topological polar surface area (TPSA) is 0 Å². The summed E-state index contributed by atoms with van der Waals surface area (Å²) in [6.45, 7) is 0. The number of hydrogen-bond donors (Lipinski definition) is 0. The van der Waals surface area contributed by atoms with Crippen molar-refractivity contribution in [3.8, 4) is 0 Å². The van der Waals surface area contributed by atoms with Gasteiger partial charge in [0, 0.05) is 0 Å². The van der Waals surface area contributed by atoms with Crippen molar-refractivity contribution < 1.29 is 14.5 Å². The molecule has 9 saturated carbocycles. The van der Waals surface area contributed by atoms with Gasteiger partial charge in [0.2, 0.25) is 0 Å². The summed E-state index contributed by atoms with van der Waals surface area (Å²) < 4.78 is 0. The van der Waals surface area contributed by atoms with Crippen molar-refractivity contribution in [1.29, 1.82) is 0 Å². The van der Waals surface area contributed by atoms with Crippen molar-refractivity contribution in [2.24, 2.45) is 0 Å². The summed E-state index contributed by atoms with van der Waals surface area (Å²) in [5, 5.41) is 0. The summed E-state index contributed by atoms with van der Waals surface area (Å²) in [6.07, 6.45) is 76.9. The summed E-state index contributed by atoms with van der Waals surface area (Å²) in [5.41, 5.74) is 6.56. The maximum atomic E-state index is 1.79. The van der Waals surface area contributed by atoms with Gasteiger partial charge in [-0.15, -0.1) is 0 Å². The average molecular weight is 947 g/mol. The standard InChI is InChI=1S/3C18H33P.Rh/c3*1-4-10-16(11-5-1)19(17-12-6-2-7-13-17)18-14-8-3-9-15-18;/h3*16-18H,1-15H2;/q;;;-3/p+3. The van der Waals surface area contributed by atoms with Crippen LogP contribution in [0.15, 0.2) is 0 Å². The fourth-order valence-corrected chi connectivity index (χ4v) is 152. The van der Waals surface area contributed by atoms with Crippen LogP contribution in [-0.2, 0) is 14.5 Å². The van der Waals surface area contributed by atoms with E-state index in [1.807, 2.05) is 0 Å². The molecule has 0 bridgehead atoms. The molecule has 0 unspecified atom stereocenters. The van der Waals surface area contributed by atoms with Crippen LogP contribution in [-0.4, -0.2) is 50.9 Å². The molecule has 0 heterocycles. The third-order valence-electron chi connectivity index (χ3n) is 20.8. The Morgan fingerprint density at radius 2 is 0.259 bits per heavy atom. The van der Waals surface area contributed by atoms with Crippen molar-refractivity contribution in [2.75, 3.05) is 0 Å². The van der Waals surface area contributed by atoms with Crippen LogP contribution >= 0.6 is 16.8 Å². The normalized spacial score (nSPS) is 30.9. The van der Waals surface area contributed by atoms with E-state index < -0.39 is 31.3 Å². The molecule has 9 rings (SSSR count). The van der Waals surface area contributed by atoms with Crippen molar-refractivity contribution in [1.82, 2.24) is 0 Å². The maximum absolute atomic E-state index is 1.79. The summed E-state index contributed by atoms with van der Waals surface area (Å²) in [4.78, 5) is 0. The van der Waals surface area contributed by atoms with Gasteiger partial charge in [0.05, 0.1) is 0 Å². The Balaban J connectivity index is 1.43. The molecule has 0 amide bonds. The van der Waals surface area contributed by atoms with Crippen LogP contribution in [0, 0.1) is 0 Å². The van der Waals surface area contributed by atoms with E-state index in [2.05, 4.69) is 0 Å². The molecule has 0 spiro atoms. The Bertz CT molecular complexity index is 896. The van der Waals surface area contributed by atoms with Gasteiger partial charge in [-0.3, -0.25) is 0 Å². The third-order valence-corrected chi connectivity index (χ3v) is 100. The Hall–Kier alpha value is 1.91. The van der Waals surface area contributed by atoms with Gasteiger partial charge in [-0.2, -0.15) is 0 Å². The number of rotatable bonds is 12. The van der Waals surface area contributed by atoms with E-state index in [-0.39, 0.29) is 0 Å². The fourth-order valence-electron chi connectivity index (χ4n) is 18.8. The fraction of sp³-hybridized carbons (Fsp3) is 1.00. The minimum atomic E-state index is -1.74. The Morgan fingerprint density at radius 1 is 0.155 bits per heavy atom. The van der Waals surface area contributed by atoms with Crippen LogP contribution in [0.5, 0.6) is 0 Å². The van der Waals surface area contributed by atoms with Crippen molar-refractivity contribution >= 4 is 16.8 Å². The molecule has 0 nitrogen and oxygen atoms in total. The van der Waals surface area contributed by atoms with Crippen LogP contribution in [0.4, 0.5) is 0 Å². The van der Waals surface area contributed by atoms with Gasteiger partial charge in [0.15, 0.2) is 0 Å². The van der Waals surface area contributed by atoms with Crippen LogP contribution in [0.2, 0.25) is 0 Å². The summed E-state index contributed by atoms with van der Waals surface area (Å²) in [6, 6.07) is 0. The monoisotopic (exact) mass is 947 g/mol. The van der Waals surface area contributed by atoms with E-state index in [1.54, 1.807) is 289 Å². The van der Waals surface area contributed by atoms with Gasteiger partial charge in [-0.1, -0.05) is 0 Å². The second kappa shape index (κ2) is 21.9. The summed E-state index contributed by atoms with van der Waals surface area (Å²) in [5.74, 6) is 0. The van der Waals surface area contributed by atoms with Gasteiger partial charge in [0.1, 0.15) is 0 Å². The zero-order chi connectivity index (χ0) is 39.1. The Kier molecular flexibility index (Phi) is 17.1. The molecule has 0 saturated heterocycles. The Morgan fingerprint density at radius 3 is 0.362 bits per heavy atom.